The van der Waals surface area contributed by atoms with Gasteiger partial charge >= 0.3 is 0 Å². The molecule has 1 nitrogen and oxygen atoms in total. The predicted octanol–water partition coefficient (Wildman–Crippen LogP) is 4.10. The highest BCUT2D eigenvalue weighted by atomic mass is 14.7. The Morgan fingerprint density at radius 1 is 1.17 bits per heavy atom. The van der Waals surface area contributed by atoms with E-state index in [-0.39, 0.29) is 0 Å². The fourth-order valence-electron chi connectivity index (χ4n) is 0.363. The molecule has 0 aromatic carbocycles. The van der Waals surface area contributed by atoms with Crippen LogP contribution in [0.5, 0.6) is 0 Å². The van der Waals surface area contributed by atoms with Gasteiger partial charge < -0.3 is 0 Å². The van der Waals surface area contributed by atoms with E-state index in [1.165, 1.54) is 0 Å². The highest BCUT2D eigenvalue weighted by molar-refractivity contribution is 5.92. The van der Waals surface area contributed by atoms with E-state index >= 15 is 0 Å². The Kier molecular flexibility index (Phi) is 32.7. The molecule has 1 heteroatoms. The fraction of sp³-hybridized carbons (Fsp3) is 0.727. The summed E-state index contributed by atoms with van der Waals surface area (Å²) in [6, 6.07) is 0. The third kappa shape index (κ3) is 22.7. The zero-order valence-electron chi connectivity index (χ0n) is 9.81. The van der Waals surface area contributed by atoms with Crippen molar-refractivity contribution >= 4 is 5.71 Å². The Balaban J connectivity index is -0.000000175. The second-order valence-corrected chi connectivity index (χ2v) is 1.68. The maximum atomic E-state index is 3.96. The van der Waals surface area contributed by atoms with Crippen LogP contribution in [0.4, 0.5) is 0 Å². The number of aliphatic imine (C=N–C) groups is 1. The van der Waals surface area contributed by atoms with Crippen molar-refractivity contribution in [3.05, 3.63) is 12.2 Å². The SMILES string of the molecule is CC.CC.CC/C=C\C(C)=NC. The molecule has 0 aromatic heterocycles. The number of hydrogen-bond acceptors (Lipinski definition) is 1. The lowest BCUT2D eigenvalue weighted by Crippen LogP contribution is -1.80. The van der Waals surface area contributed by atoms with Crippen LogP contribution >= 0.6 is 0 Å². The van der Waals surface area contributed by atoms with Gasteiger partial charge in [-0.15, -0.1) is 0 Å². The Hall–Kier alpha value is -0.590. The molecule has 0 aliphatic carbocycles. The molecule has 0 atom stereocenters. The standard InChI is InChI=1S/C7H13N.2C2H6/c1-4-5-6-7(2)8-3;2*1-2/h5-6H,4H2,1-3H3;2*1-2H3/b6-5-,8-7?;;. The summed E-state index contributed by atoms with van der Waals surface area (Å²) in [7, 11) is 1.80. The van der Waals surface area contributed by atoms with Crippen molar-refractivity contribution in [3.63, 3.8) is 0 Å². The number of nitrogens with zero attached hydrogens (tertiary/aromatic N) is 1. The molecule has 0 aliphatic rings. The highest BCUT2D eigenvalue weighted by Crippen LogP contribution is 1.81. The van der Waals surface area contributed by atoms with Gasteiger partial charge in [0.05, 0.1) is 0 Å². The monoisotopic (exact) mass is 171 g/mol. The first-order valence-electron chi connectivity index (χ1n) is 4.91. The lowest BCUT2D eigenvalue weighted by Gasteiger charge is -1.83. The van der Waals surface area contributed by atoms with Crippen molar-refractivity contribution in [3.8, 4) is 0 Å². The van der Waals surface area contributed by atoms with Crippen LogP contribution in [0.2, 0.25) is 0 Å². The van der Waals surface area contributed by atoms with E-state index in [1.807, 2.05) is 40.7 Å². The van der Waals surface area contributed by atoms with Gasteiger partial charge in [-0.05, 0) is 19.4 Å². The summed E-state index contributed by atoms with van der Waals surface area (Å²) in [5, 5.41) is 0. The molecular weight excluding hydrogens is 146 g/mol. The van der Waals surface area contributed by atoms with Crippen LogP contribution in [0.1, 0.15) is 48.0 Å². The van der Waals surface area contributed by atoms with Crippen molar-refractivity contribution in [2.24, 2.45) is 4.99 Å². The molecule has 12 heavy (non-hydrogen) atoms. The van der Waals surface area contributed by atoms with Gasteiger partial charge in [-0.1, -0.05) is 40.7 Å². The maximum absolute atomic E-state index is 3.96. The van der Waals surface area contributed by atoms with E-state index < -0.39 is 0 Å². The van der Waals surface area contributed by atoms with Gasteiger partial charge in [0.1, 0.15) is 0 Å². The van der Waals surface area contributed by atoms with Gasteiger partial charge in [-0.3, -0.25) is 4.99 Å². The molecule has 0 spiro atoms. The van der Waals surface area contributed by atoms with E-state index in [2.05, 4.69) is 18.0 Å². The molecule has 0 heterocycles. The van der Waals surface area contributed by atoms with Crippen LogP contribution in [0.25, 0.3) is 0 Å². The summed E-state index contributed by atoms with van der Waals surface area (Å²) >= 11 is 0. The molecule has 0 saturated heterocycles. The molecule has 0 aromatic rings. The van der Waals surface area contributed by atoms with Crippen LogP contribution in [0.3, 0.4) is 0 Å². The average Bonchev–Trinajstić information content (AvgIpc) is 2.20. The van der Waals surface area contributed by atoms with Crippen molar-refractivity contribution in [2.75, 3.05) is 7.05 Å². The maximum Gasteiger partial charge on any atom is 0.0310 e. The predicted molar refractivity (Wildman–Crippen MR) is 61.2 cm³/mol. The van der Waals surface area contributed by atoms with Gasteiger partial charge in [0.15, 0.2) is 0 Å². The van der Waals surface area contributed by atoms with E-state index in [0.717, 1.165) is 12.1 Å². The van der Waals surface area contributed by atoms with E-state index in [0.29, 0.717) is 0 Å². The molecule has 0 radical (unpaired) electrons. The molecular formula is C11H25N. The summed E-state index contributed by atoms with van der Waals surface area (Å²) < 4.78 is 0. The van der Waals surface area contributed by atoms with Gasteiger partial charge in [-0.2, -0.15) is 0 Å². The van der Waals surface area contributed by atoms with Crippen LogP contribution in [-0.2, 0) is 0 Å². The molecule has 0 bridgehead atoms. The molecule has 0 aliphatic heterocycles. The minimum absolute atomic E-state index is 1.09. The smallest absolute Gasteiger partial charge is 0.0310 e. The number of hydrogen-bond donors (Lipinski definition) is 0. The molecule has 0 saturated carbocycles. The van der Waals surface area contributed by atoms with Crippen molar-refractivity contribution < 1.29 is 0 Å². The molecule has 0 amide bonds. The minimum Gasteiger partial charge on any atom is -0.293 e. The van der Waals surface area contributed by atoms with Crippen molar-refractivity contribution in [2.45, 2.75) is 48.0 Å². The van der Waals surface area contributed by atoms with E-state index in [9.17, 15) is 0 Å². The topological polar surface area (TPSA) is 12.4 Å². The summed E-state index contributed by atoms with van der Waals surface area (Å²) in [6.45, 7) is 12.1. The largest absolute Gasteiger partial charge is 0.293 e. The molecule has 0 rings (SSSR count). The van der Waals surface area contributed by atoms with Gasteiger partial charge in [0.25, 0.3) is 0 Å². The second kappa shape index (κ2) is 22.4. The summed E-state index contributed by atoms with van der Waals surface area (Å²) in [5.41, 5.74) is 1.09. The lowest BCUT2D eigenvalue weighted by molar-refractivity contribution is 1.22. The molecule has 0 N–H and O–H groups in total. The number of rotatable bonds is 2. The van der Waals surface area contributed by atoms with Gasteiger partial charge in [-0.25, -0.2) is 0 Å². The van der Waals surface area contributed by atoms with Crippen LogP contribution < -0.4 is 0 Å². The Bertz CT molecular complexity index is 102. The average molecular weight is 171 g/mol. The number of allylic oxidation sites excluding steroid dienone is 2. The fourth-order valence-corrected chi connectivity index (χ4v) is 0.363. The zero-order valence-corrected chi connectivity index (χ0v) is 9.81. The Morgan fingerprint density at radius 2 is 1.58 bits per heavy atom. The third-order valence-corrected chi connectivity index (χ3v) is 0.947. The summed E-state index contributed by atoms with van der Waals surface area (Å²) in [5.74, 6) is 0. The first-order chi connectivity index (χ1) is 5.81. The van der Waals surface area contributed by atoms with Gasteiger partial charge in [0.2, 0.25) is 0 Å². The van der Waals surface area contributed by atoms with Crippen molar-refractivity contribution in [1.82, 2.24) is 0 Å². The molecule has 0 fully saturated rings. The van der Waals surface area contributed by atoms with Crippen LogP contribution in [0.15, 0.2) is 17.1 Å². The third-order valence-electron chi connectivity index (χ3n) is 0.947. The van der Waals surface area contributed by atoms with Gasteiger partial charge in [0, 0.05) is 12.8 Å². The quantitative estimate of drug-likeness (QED) is 0.555. The minimum atomic E-state index is 1.09. The second-order valence-electron chi connectivity index (χ2n) is 1.68. The van der Waals surface area contributed by atoms with Crippen LogP contribution in [0, 0.1) is 0 Å². The summed E-state index contributed by atoms with van der Waals surface area (Å²) in [6.07, 6.45) is 5.22. The molecule has 74 valence electrons. The van der Waals surface area contributed by atoms with E-state index in [4.69, 9.17) is 0 Å². The van der Waals surface area contributed by atoms with E-state index in [1.54, 1.807) is 7.05 Å². The first kappa shape index (κ1) is 17.5. The normalized spacial score (nSPS) is 9.75. The van der Waals surface area contributed by atoms with Crippen LogP contribution in [-0.4, -0.2) is 12.8 Å². The Labute approximate surface area is 78.6 Å². The van der Waals surface area contributed by atoms with Crippen molar-refractivity contribution in [1.29, 1.82) is 0 Å². The zero-order chi connectivity index (χ0) is 10.4. The Morgan fingerprint density at radius 3 is 1.83 bits per heavy atom. The highest BCUT2D eigenvalue weighted by Gasteiger charge is 1.74. The first-order valence-corrected chi connectivity index (χ1v) is 4.91. The molecule has 0 unspecified atom stereocenters. The summed E-state index contributed by atoms with van der Waals surface area (Å²) in [4.78, 5) is 3.96. The lowest BCUT2D eigenvalue weighted by atomic mass is 10.3.